The summed E-state index contributed by atoms with van der Waals surface area (Å²) in [6.45, 7) is 3.36. The van der Waals surface area contributed by atoms with Gasteiger partial charge in [0, 0.05) is 55.9 Å². The Kier molecular flexibility index (Phi) is 6.79. The van der Waals surface area contributed by atoms with E-state index in [1.807, 2.05) is 49.0 Å². The van der Waals surface area contributed by atoms with Gasteiger partial charge in [0.05, 0.1) is 32.4 Å². The van der Waals surface area contributed by atoms with E-state index in [0.717, 1.165) is 28.0 Å². The molecule has 2 aromatic heterocycles. The SMILES string of the molecule is COc1ccc(C)cc1CC(=O)N1CCO[C@H](c2nc(N(C)C)ncc2-c2cncnc2)C1. The molecule has 0 bridgehead atoms. The van der Waals surface area contributed by atoms with Crippen molar-refractivity contribution >= 4 is 11.9 Å². The van der Waals surface area contributed by atoms with Crippen LogP contribution in [-0.4, -0.2) is 71.6 Å². The molecule has 0 unspecified atom stereocenters. The van der Waals surface area contributed by atoms with Crippen molar-refractivity contribution in [2.45, 2.75) is 19.4 Å². The molecule has 9 heteroatoms. The molecule has 1 aromatic carbocycles. The van der Waals surface area contributed by atoms with E-state index >= 15 is 0 Å². The molecule has 0 spiro atoms. The van der Waals surface area contributed by atoms with Gasteiger partial charge in [-0.2, -0.15) is 0 Å². The van der Waals surface area contributed by atoms with Crippen LogP contribution in [0.3, 0.4) is 0 Å². The molecule has 0 saturated carbocycles. The zero-order valence-corrected chi connectivity index (χ0v) is 19.4. The van der Waals surface area contributed by atoms with Gasteiger partial charge in [-0.1, -0.05) is 17.7 Å². The van der Waals surface area contributed by atoms with E-state index in [4.69, 9.17) is 14.5 Å². The van der Waals surface area contributed by atoms with Crippen molar-refractivity contribution in [2.75, 3.05) is 45.8 Å². The van der Waals surface area contributed by atoms with Gasteiger partial charge in [-0.3, -0.25) is 4.79 Å². The number of aryl methyl sites for hydroxylation is 1. The summed E-state index contributed by atoms with van der Waals surface area (Å²) in [4.78, 5) is 34.3. The predicted octanol–water partition coefficient (Wildman–Crippen LogP) is 2.46. The monoisotopic (exact) mass is 448 g/mol. The Labute approximate surface area is 193 Å². The number of hydrogen-bond acceptors (Lipinski definition) is 8. The van der Waals surface area contributed by atoms with E-state index in [-0.39, 0.29) is 18.4 Å². The molecular weight excluding hydrogens is 420 g/mol. The number of carbonyl (C=O) groups is 1. The summed E-state index contributed by atoms with van der Waals surface area (Å²) in [5, 5.41) is 0. The minimum atomic E-state index is -0.390. The topological polar surface area (TPSA) is 93.6 Å². The van der Waals surface area contributed by atoms with Crippen molar-refractivity contribution in [1.82, 2.24) is 24.8 Å². The van der Waals surface area contributed by atoms with Gasteiger partial charge in [-0.05, 0) is 13.0 Å². The van der Waals surface area contributed by atoms with Gasteiger partial charge in [0.25, 0.3) is 0 Å². The third-order valence-electron chi connectivity index (χ3n) is 5.58. The third kappa shape index (κ3) is 5.09. The van der Waals surface area contributed by atoms with Crippen LogP contribution >= 0.6 is 0 Å². The molecule has 1 aliphatic rings. The lowest BCUT2D eigenvalue weighted by atomic mass is 10.0. The Morgan fingerprint density at radius 1 is 1.24 bits per heavy atom. The van der Waals surface area contributed by atoms with Gasteiger partial charge < -0.3 is 19.3 Å². The lowest BCUT2D eigenvalue weighted by Crippen LogP contribution is -2.43. The summed E-state index contributed by atoms with van der Waals surface area (Å²) >= 11 is 0. The zero-order valence-electron chi connectivity index (χ0n) is 19.4. The summed E-state index contributed by atoms with van der Waals surface area (Å²) in [6.07, 6.45) is 6.57. The van der Waals surface area contributed by atoms with Crippen molar-refractivity contribution in [1.29, 1.82) is 0 Å². The second-order valence-electron chi connectivity index (χ2n) is 8.18. The first-order valence-corrected chi connectivity index (χ1v) is 10.8. The molecule has 33 heavy (non-hydrogen) atoms. The van der Waals surface area contributed by atoms with E-state index in [1.165, 1.54) is 6.33 Å². The number of methoxy groups -OCH3 is 1. The first-order chi connectivity index (χ1) is 16.0. The second-order valence-corrected chi connectivity index (χ2v) is 8.18. The average molecular weight is 449 g/mol. The normalized spacial score (nSPS) is 15.9. The Balaban J connectivity index is 1.60. The molecule has 4 rings (SSSR count). The Morgan fingerprint density at radius 2 is 2.03 bits per heavy atom. The molecule has 0 aliphatic carbocycles. The summed E-state index contributed by atoms with van der Waals surface area (Å²) in [6, 6.07) is 5.87. The molecule has 1 atom stereocenters. The third-order valence-corrected chi connectivity index (χ3v) is 5.58. The zero-order chi connectivity index (χ0) is 23.4. The van der Waals surface area contributed by atoms with Crippen LogP contribution in [-0.2, 0) is 16.0 Å². The maximum atomic E-state index is 13.2. The molecule has 3 heterocycles. The van der Waals surface area contributed by atoms with Gasteiger partial charge >= 0.3 is 0 Å². The van der Waals surface area contributed by atoms with E-state index in [1.54, 1.807) is 25.7 Å². The van der Waals surface area contributed by atoms with Crippen LogP contribution in [0.4, 0.5) is 5.95 Å². The van der Waals surface area contributed by atoms with Crippen molar-refractivity contribution in [3.8, 4) is 16.9 Å². The largest absolute Gasteiger partial charge is 0.496 e. The van der Waals surface area contributed by atoms with Crippen LogP contribution < -0.4 is 9.64 Å². The quantitative estimate of drug-likeness (QED) is 0.568. The van der Waals surface area contributed by atoms with Crippen LogP contribution in [0.15, 0.2) is 43.1 Å². The number of aromatic nitrogens is 4. The molecular formula is C24H28N6O3. The van der Waals surface area contributed by atoms with Gasteiger partial charge in [0.1, 0.15) is 18.2 Å². The van der Waals surface area contributed by atoms with Crippen molar-refractivity contribution in [3.05, 3.63) is 59.9 Å². The smallest absolute Gasteiger partial charge is 0.227 e. The summed E-state index contributed by atoms with van der Waals surface area (Å²) in [7, 11) is 5.39. The molecule has 1 saturated heterocycles. The summed E-state index contributed by atoms with van der Waals surface area (Å²) < 4.78 is 11.5. The molecule has 172 valence electrons. The first-order valence-electron chi connectivity index (χ1n) is 10.8. The van der Waals surface area contributed by atoms with Crippen molar-refractivity contribution < 1.29 is 14.3 Å². The Bertz CT molecular complexity index is 1120. The minimum Gasteiger partial charge on any atom is -0.496 e. The predicted molar refractivity (Wildman–Crippen MR) is 124 cm³/mol. The van der Waals surface area contributed by atoms with Crippen molar-refractivity contribution in [2.24, 2.45) is 0 Å². The number of carbonyl (C=O) groups excluding carboxylic acids is 1. The maximum absolute atomic E-state index is 13.2. The standard InChI is InChI=1S/C24H28N6O3/c1-16-5-6-20(32-4)17(9-16)10-22(31)30-7-8-33-21(14-30)23-19(18-11-25-15-26-12-18)13-27-24(28-23)29(2)3/h5-6,9,11-13,15,21H,7-8,10,14H2,1-4H3/t21-/m0/s1. The number of ether oxygens (including phenoxy) is 2. The number of morpholine rings is 1. The van der Waals surface area contributed by atoms with Crippen LogP contribution in [0.5, 0.6) is 5.75 Å². The Hall–Kier alpha value is -3.59. The average Bonchev–Trinajstić information content (AvgIpc) is 2.84. The highest BCUT2D eigenvalue weighted by Crippen LogP contribution is 2.31. The molecule has 0 radical (unpaired) electrons. The fourth-order valence-electron chi connectivity index (χ4n) is 3.87. The summed E-state index contributed by atoms with van der Waals surface area (Å²) in [5.74, 6) is 1.32. The van der Waals surface area contributed by atoms with E-state index in [2.05, 4.69) is 15.0 Å². The first kappa shape index (κ1) is 22.6. The van der Waals surface area contributed by atoms with Crippen LogP contribution in [0.2, 0.25) is 0 Å². The lowest BCUT2D eigenvalue weighted by molar-refractivity contribution is -0.138. The van der Waals surface area contributed by atoms with Crippen molar-refractivity contribution in [3.63, 3.8) is 0 Å². The maximum Gasteiger partial charge on any atom is 0.227 e. The Morgan fingerprint density at radius 3 is 2.76 bits per heavy atom. The number of hydrogen-bond donors (Lipinski definition) is 0. The molecule has 1 aliphatic heterocycles. The van der Waals surface area contributed by atoms with Gasteiger partial charge in [0.15, 0.2) is 0 Å². The van der Waals surface area contributed by atoms with E-state index in [9.17, 15) is 4.79 Å². The number of benzene rings is 1. The number of nitrogens with zero attached hydrogens (tertiary/aromatic N) is 6. The molecule has 1 amide bonds. The molecule has 3 aromatic rings. The molecule has 1 fully saturated rings. The molecule has 0 N–H and O–H groups in total. The van der Waals surface area contributed by atoms with Gasteiger partial charge in [0.2, 0.25) is 11.9 Å². The summed E-state index contributed by atoms with van der Waals surface area (Å²) in [5.41, 5.74) is 4.28. The minimum absolute atomic E-state index is 0.0266. The highest BCUT2D eigenvalue weighted by Gasteiger charge is 2.29. The fourth-order valence-corrected chi connectivity index (χ4v) is 3.87. The van der Waals surface area contributed by atoms with Crippen LogP contribution in [0.25, 0.3) is 11.1 Å². The lowest BCUT2D eigenvalue weighted by Gasteiger charge is -2.33. The number of anilines is 1. The van der Waals surface area contributed by atoms with E-state index < -0.39 is 0 Å². The van der Waals surface area contributed by atoms with Gasteiger partial charge in [-0.15, -0.1) is 0 Å². The second kappa shape index (κ2) is 9.91. The van der Waals surface area contributed by atoms with Gasteiger partial charge in [-0.25, -0.2) is 19.9 Å². The fraction of sp³-hybridized carbons (Fsp3) is 0.375. The van der Waals surface area contributed by atoms with Crippen LogP contribution in [0.1, 0.15) is 22.9 Å². The van der Waals surface area contributed by atoms with Crippen LogP contribution in [0, 0.1) is 6.92 Å². The highest BCUT2D eigenvalue weighted by atomic mass is 16.5. The molecule has 9 nitrogen and oxygen atoms in total. The number of amides is 1. The number of rotatable bonds is 6. The van der Waals surface area contributed by atoms with E-state index in [0.29, 0.717) is 31.3 Å². The highest BCUT2D eigenvalue weighted by molar-refractivity contribution is 5.80.